The van der Waals surface area contributed by atoms with Crippen LogP contribution in [0.4, 0.5) is 4.39 Å². The fourth-order valence-corrected chi connectivity index (χ4v) is 2.32. The van der Waals surface area contributed by atoms with Crippen molar-refractivity contribution in [2.75, 3.05) is 0 Å². The quantitative estimate of drug-likeness (QED) is 0.707. The molecule has 2 heteroatoms. The van der Waals surface area contributed by atoms with Crippen molar-refractivity contribution < 1.29 is 4.39 Å². The van der Waals surface area contributed by atoms with Gasteiger partial charge in [-0.15, -0.1) is 0 Å². The van der Waals surface area contributed by atoms with Gasteiger partial charge in [-0.2, -0.15) is 0 Å². The summed E-state index contributed by atoms with van der Waals surface area (Å²) in [6.45, 7) is 0. The average molecular weight is 213 g/mol. The second-order valence-electron chi connectivity index (χ2n) is 4.23. The number of rotatable bonds is 1. The van der Waals surface area contributed by atoms with E-state index >= 15 is 0 Å². The molecule has 1 aromatic carbocycles. The van der Waals surface area contributed by atoms with Crippen LogP contribution >= 0.6 is 0 Å². The third kappa shape index (κ3) is 1.60. The topological polar surface area (TPSA) is 12.9 Å². The van der Waals surface area contributed by atoms with Gasteiger partial charge in [-0.3, -0.25) is 4.98 Å². The SMILES string of the molecule is Fc1cncc(-c2ccc3c(c2)CCC3)c1. The normalized spacial score (nSPS) is 13.8. The van der Waals surface area contributed by atoms with Gasteiger partial charge in [-0.1, -0.05) is 18.2 Å². The summed E-state index contributed by atoms with van der Waals surface area (Å²) < 4.78 is 13.1. The molecule has 1 nitrogen and oxygen atoms in total. The molecule has 0 spiro atoms. The number of hydrogen-bond acceptors (Lipinski definition) is 1. The van der Waals surface area contributed by atoms with Gasteiger partial charge >= 0.3 is 0 Å². The van der Waals surface area contributed by atoms with Gasteiger partial charge in [0.05, 0.1) is 6.20 Å². The summed E-state index contributed by atoms with van der Waals surface area (Å²) in [6.07, 6.45) is 6.50. The van der Waals surface area contributed by atoms with E-state index in [0.29, 0.717) is 0 Å². The van der Waals surface area contributed by atoms with Crippen LogP contribution in [-0.4, -0.2) is 4.98 Å². The van der Waals surface area contributed by atoms with Crippen molar-refractivity contribution in [3.05, 3.63) is 53.6 Å². The molecule has 0 N–H and O–H groups in total. The zero-order valence-corrected chi connectivity index (χ0v) is 8.91. The molecular weight excluding hydrogens is 201 g/mol. The van der Waals surface area contributed by atoms with Gasteiger partial charge in [-0.25, -0.2) is 4.39 Å². The van der Waals surface area contributed by atoms with Crippen LogP contribution in [0.15, 0.2) is 36.7 Å². The number of fused-ring (bicyclic) bond motifs is 1. The minimum absolute atomic E-state index is 0.280. The van der Waals surface area contributed by atoms with Crippen molar-refractivity contribution >= 4 is 0 Å². The molecule has 1 aromatic heterocycles. The van der Waals surface area contributed by atoms with Crippen LogP contribution in [0.1, 0.15) is 17.5 Å². The maximum atomic E-state index is 13.1. The number of pyridine rings is 1. The summed E-state index contributed by atoms with van der Waals surface area (Å²) in [5.41, 5.74) is 4.76. The summed E-state index contributed by atoms with van der Waals surface area (Å²) in [5, 5.41) is 0. The van der Waals surface area contributed by atoms with Gasteiger partial charge < -0.3 is 0 Å². The molecule has 1 aliphatic carbocycles. The van der Waals surface area contributed by atoms with Crippen molar-refractivity contribution in [1.82, 2.24) is 4.98 Å². The van der Waals surface area contributed by atoms with Crippen LogP contribution in [0.3, 0.4) is 0 Å². The zero-order chi connectivity index (χ0) is 11.0. The summed E-state index contributed by atoms with van der Waals surface area (Å²) in [6, 6.07) is 7.91. The fourth-order valence-electron chi connectivity index (χ4n) is 2.32. The predicted molar refractivity (Wildman–Crippen MR) is 61.7 cm³/mol. The Balaban J connectivity index is 2.07. The van der Waals surface area contributed by atoms with E-state index in [2.05, 4.69) is 23.2 Å². The standard InChI is InChI=1S/C14H12FN/c15-14-7-13(8-16-9-14)12-5-4-10-2-1-3-11(10)6-12/h4-9H,1-3H2. The van der Waals surface area contributed by atoms with Gasteiger partial charge in [0.2, 0.25) is 0 Å². The highest BCUT2D eigenvalue weighted by atomic mass is 19.1. The van der Waals surface area contributed by atoms with E-state index in [1.807, 2.05) is 0 Å². The molecule has 0 atom stereocenters. The van der Waals surface area contributed by atoms with E-state index < -0.39 is 0 Å². The molecule has 2 aromatic rings. The average Bonchev–Trinajstić information content (AvgIpc) is 2.75. The molecule has 3 rings (SSSR count). The first kappa shape index (κ1) is 9.52. The molecule has 0 aliphatic heterocycles. The van der Waals surface area contributed by atoms with Crippen LogP contribution in [0, 0.1) is 5.82 Å². The highest BCUT2D eigenvalue weighted by Crippen LogP contribution is 2.27. The van der Waals surface area contributed by atoms with E-state index in [1.165, 1.54) is 36.2 Å². The molecule has 0 saturated heterocycles. The summed E-state index contributed by atoms with van der Waals surface area (Å²) in [5.74, 6) is -0.280. The van der Waals surface area contributed by atoms with Crippen LogP contribution in [0.5, 0.6) is 0 Å². The lowest BCUT2D eigenvalue weighted by atomic mass is 10.0. The van der Waals surface area contributed by atoms with E-state index in [9.17, 15) is 4.39 Å². The van der Waals surface area contributed by atoms with Crippen molar-refractivity contribution in [2.24, 2.45) is 0 Å². The number of aryl methyl sites for hydroxylation is 2. The van der Waals surface area contributed by atoms with Crippen molar-refractivity contribution in [2.45, 2.75) is 19.3 Å². The zero-order valence-electron chi connectivity index (χ0n) is 8.91. The first-order valence-electron chi connectivity index (χ1n) is 5.56. The second-order valence-corrected chi connectivity index (χ2v) is 4.23. The number of aromatic nitrogens is 1. The Morgan fingerprint density at radius 3 is 2.69 bits per heavy atom. The Kier molecular flexibility index (Phi) is 2.21. The molecule has 0 saturated carbocycles. The van der Waals surface area contributed by atoms with Gasteiger partial charge in [0.15, 0.2) is 0 Å². The highest BCUT2D eigenvalue weighted by molar-refractivity contribution is 5.64. The van der Waals surface area contributed by atoms with E-state index in [0.717, 1.165) is 17.5 Å². The third-order valence-electron chi connectivity index (χ3n) is 3.14. The predicted octanol–water partition coefficient (Wildman–Crippen LogP) is 3.38. The van der Waals surface area contributed by atoms with Gasteiger partial charge in [0.1, 0.15) is 5.82 Å². The van der Waals surface area contributed by atoms with Crippen LogP contribution in [0.2, 0.25) is 0 Å². The molecule has 80 valence electrons. The maximum absolute atomic E-state index is 13.1. The molecule has 0 bridgehead atoms. The lowest BCUT2D eigenvalue weighted by Crippen LogP contribution is -1.86. The first-order valence-corrected chi connectivity index (χ1v) is 5.56. The highest BCUT2D eigenvalue weighted by Gasteiger charge is 2.11. The fraction of sp³-hybridized carbons (Fsp3) is 0.214. The number of benzene rings is 1. The van der Waals surface area contributed by atoms with E-state index in [-0.39, 0.29) is 5.82 Å². The number of halogens is 1. The van der Waals surface area contributed by atoms with E-state index in [4.69, 9.17) is 0 Å². The smallest absolute Gasteiger partial charge is 0.142 e. The lowest BCUT2D eigenvalue weighted by molar-refractivity contribution is 0.622. The van der Waals surface area contributed by atoms with E-state index in [1.54, 1.807) is 6.20 Å². The summed E-state index contributed by atoms with van der Waals surface area (Å²) in [4.78, 5) is 3.88. The molecule has 0 amide bonds. The number of hydrogen-bond donors (Lipinski definition) is 0. The van der Waals surface area contributed by atoms with Crippen LogP contribution in [0.25, 0.3) is 11.1 Å². The van der Waals surface area contributed by atoms with Crippen LogP contribution < -0.4 is 0 Å². The Hall–Kier alpha value is -1.70. The molecule has 1 aliphatic rings. The van der Waals surface area contributed by atoms with Gasteiger partial charge in [-0.05, 0) is 42.0 Å². The Labute approximate surface area is 94.0 Å². The minimum Gasteiger partial charge on any atom is -0.261 e. The van der Waals surface area contributed by atoms with Crippen molar-refractivity contribution in [3.63, 3.8) is 0 Å². The van der Waals surface area contributed by atoms with Gasteiger partial charge in [0.25, 0.3) is 0 Å². The molecule has 1 heterocycles. The summed E-state index contributed by atoms with van der Waals surface area (Å²) >= 11 is 0. The first-order chi connectivity index (χ1) is 7.83. The summed E-state index contributed by atoms with van der Waals surface area (Å²) in [7, 11) is 0. The van der Waals surface area contributed by atoms with Crippen LogP contribution in [-0.2, 0) is 12.8 Å². The molecular formula is C14H12FN. The minimum atomic E-state index is -0.280. The maximum Gasteiger partial charge on any atom is 0.142 e. The second kappa shape index (κ2) is 3.71. The molecule has 0 radical (unpaired) electrons. The Morgan fingerprint density at radius 1 is 0.938 bits per heavy atom. The molecule has 16 heavy (non-hydrogen) atoms. The largest absolute Gasteiger partial charge is 0.261 e. The number of nitrogens with zero attached hydrogens (tertiary/aromatic N) is 1. The molecule has 0 fully saturated rings. The Bertz CT molecular complexity index is 534. The lowest BCUT2D eigenvalue weighted by Gasteiger charge is -2.04. The molecule has 0 unspecified atom stereocenters. The monoisotopic (exact) mass is 213 g/mol. The Morgan fingerprint density at radius 2 is 1.81 bits per heavy atom. The third-order valence-corrected chi connectivity index (χ3v) is 3.14. The van der Waals surface area contributed by atoms with Crippen molar-refractivity contribution in [3.8, 4) is 11.1 Å². The van der Waals surface area contributed by atoms with Gasteiger partial charge in [0, 0.05) is 11.8 Å². The van der Waals surface area contributed by atoms with Crippen molar-refractivity contribution in [1.29, 1.82) is 0 Å².